The summed E-state index contributed by atoms with van der Waals surface area (Å²) in [7, 11) is 0. The molecule has 2 heteroatoms. The highest BCUT2D eigenvalue weighted by Gasteiger charge is 2.10. The molecule has 74 valence electrons. The lowest BCUT2D eigenvalue weighted by molar-refractivity contribution is 0.101. The van der Waals surface area contributed by atoms with E-state index in [1.54, 1.807) is 6.92 Å². The SMILES string of the molecule is C#CCn1c(C(C)=O)cc2ccccc21. The van der Waals surface area contributed by atoms with E-state index in [-0.39, 0.29) is 5.78 Å². The number of para-hydroxylation sites is 1. The normalized spacial score (nSPS) is 10.1. The maximum Gasteiger partial charge on any atom is 0.176 e. The molecule has 1 heterocycles. The van der Waals surface area contributed by atoms with Gasteiger partial charge in [0.05, 0.1) is 12.2 Å². The summed E-state index contributed by atoms with van der Waals surface area (Å²) in [6.07, 6.45) is 5.30. The van der Waals surface area contributed by atoms with Gasteiger partial charge in [-0.2, -0.15) is 0 Å². The van der Waals surface area contributed by atoms with E-state index < -0.39 is 0 Å². The molecule has 1 aromatic carbocycles. The van der Waals surface area contributed by atoms with Crippen molar-refractivity contribution in [2.24, 2.45) is 0 Å². The van der Waals surface area contributed by atoms with Crippen LogP contribution in [0, 0.1) is 12.3 Å². The third-order valence-corrected chi connectivity index (χ3v) is 2.42. The number of rotatable bonds is 2. The van der Waals surface area contributed by atoms with Crippen LogP contribution in [0.1, 0.15) is 17.4 Å². The van der Waals surface area contributed by atoms with Gasteiger partial charge in [0.1, 0.15) is 0 Å². The maximum absolute atomic E-state index is 11.4. The van der Waals surface area contributed by atoms with Crippen LogP contribution in [0.4, 0.5) is 0 Å². The highest BCUT2D eigenvalue weighted by molar-refractivity contribution is 5.98. The monoisotopic (exact) mass is 197 g/mol. The molecule has 0 aliphatic rings. The van der Waals surface area contributed by atoms with Crippen LogP contribution < -0.4 is 0 Å². The fourth-order valence-corrected chi connectivity index (χ4v) is 1.76. The first-order valence-electron chi connectivity index (χ1n) is 4.76. The second-order valence-corrected chi connectivity index (χ2v) is 3.43. The first-order chi connectivity index (χ1) is 7.24. The highest BCUT2D eigenvalue weighted by atomic mass is 16.1. The van der Waals surface area contributed by atoms with Gasteiger partial charge in [0.25, 0.3) is 0 Å². The van der Waals surface area contributed by atoms with Gasteiger partial charge in [-0.3, -0.25) is 4.79 Å². The number of nitrogens with zero attached hydrogens (tertiary/aromatic N) is 1. The molecule has 2 aromatic rings. The average molecular weight is 197 g/mol. The molecule has 0 N–H and O–H groups in total. The quantitative estimate of drug-likeness (QED) is 0.535. The number of aromatic nitrogens is 1. The summed E-state index contributed by atoms with van der Waals surface area (Å²) in [6.45, 7) is 1.99. The van der Waals surface area contributed by atoms with Crippen LogP contribution >= 0.6 is 0 Å². The van der Waals surface area contributed by atoms with Gasteiger partial charge < -0.3 is 4.57 Å². The zero-order chi connectivity index (χ0) is 10.8. The Morgan fingerprint density at radius 3 is 2.87 bits per heavy atom. The molecule has 0 amide bonds. The smallest absolute Gasteiger partial charge is 0.176 e. The Morgan fingerprint density at radius 2 is 2.20 bits per heavy atom. The molecular formula is C13H11NO. The Hall–Kier alpha value is -2.01. The molecule has 0 bridgehead atoms. The predicted molar refractivity (Wildman–Crippen MR) is 60.8 cm³/mol. The molecule has 0 unspecified atom stereocenters. The van der Waals surface area contributed by atoms with Gasteiger partial charge >= 0.3 is 0 Å². The standard InChI is InChI=1S/C13H11NO/c1-3-8-14-12-7-5-4-6-11(12)9-13(14)10(2)15/h1,4-7,9H,8H2,2H3. The van der Waals surface area contributed by atoms with Crippen LogP contribution in [0.5, 0.6) is 0 Å². The predicted octanol–water partition coefficient (Wildman–Crippen LogP) is 2.48. The van der Waals surface area contributed by atoms with E-state index in [4.69, 9.17) is 6.42 Å². The third-order valence-electron chi connectivity index (χ3n) is 2.42. The van der Waals surface area contributed by atoms with Gasteiger partial charge in [0, 0.05) is 17.8 Å². The lowest BCUT2D eigenvalue weighted by Crippen LogP contribution is -2.05. The van der Waals surface area contributed by atoms with Crippen LogP contribution in [0.3, 0.4) is 0 Å². The van der Waals surface area contributed by atoms with Crippen molar-refractivity contribution in [3.63, 3.8) is 0 Å². The number of terminal acetylenes is 1. The average Bonchev–Trinajstić information content (AvgIpc) is 2.58. The van der Waals surface area contributed by atoms with Crippen molar-refractivity contribution >= 4 is 16.7 Å². The Kier molecular flexibility index (Phi) is 2.31. The van der Waals surface area contributed by atoms with Crippen LogP contribution in [0.25, 0.3) is 10.9 Å². The lowest BCUT2D eigenvalue weighted by Gasteiger charge is -2.03. The molecule has 0 atom stereocenters. The maximum atomic E-state index is 11.4. The summed E-state index contributed by atoms with van der Waals surface area (Å²) >= 11 is 0. The fraction of sp³-hybridized carbons (Fsp3) is 0.154. The first kappa shape index (κ1) is 9.54. The molecule has 1 aromatic heterocycles. The van der Waals surface area contributed by atoms with Crippen LogP contribution in [0.15, 0.2) is 30.3 Å². The Morgan fingerprint density at radius 1 is 1.47 bits per heavy atom. The van der Waals surface area contributed by atoms with Crippen molar-refractivity contribution < 1.29 is 4.79 Å². The van der Waals surface area contributed by atoms with Crippen molar-refractivity contribution in [2.45, 2.75) is 13.5 Å². The summed E-state index contributed by atoms with van der Waals surface area (Å²) in [6, 6.07) is 9.73. The number of carbonyl (C=O) groups excluding carboxylic acids is 1. The molecule has 0 fully saturated rings. The molecule has 0 aliphatic heterocycles. The number of carbonyl (C=O) groups is 1. The largest absolute Gasteiger partial charge is 0.326 e. The van der Waals surface area contributed by atoms with Gasteiger partial charge in [-0.15, -0.1) is 6.42 Å². The molecule has 0 aliphatic carbocycles. The minimum atomic E-state index is 0.0430. The minimum Gasteiger partial charge on any atom is -0.326 e. The van der Waals surface area contributed by atoms with Crippen molar-refractivity contribution in [1.29, 1.82) is 0 Å². The summed E-state index contributed by atoms with van der Waals surface area (Å²) in [5.41, 5.74) is 1.69. The van der Waals surface area contributed by atoms with Crippen LogP contribution in [-0.4, -0.2) is 10.4 Å². The fourth-order valence-electron chi connectivity index (χ4n) is 1.76. The van der Waals surface area contributed by atoms with E-state index in [1.807, 2.05) is 34.9 Å². The van der Waals surface area contributed by atoms with Crippen molar-refractivity contribution in [3.8, 4) is 12.3 Å². The second kappa shape index (κ2) is 3.62. The molecule has 0 saturated carbocycles. The topological polar surface area (TPSA) is 22.0 Å². The number of hydrogen-bond acceptors (Lipinski definition) is 1. The van der Waals surface area contributed by atoms with Crippen LogP contribution in [0.2, 0.25) is 0 Å². The summed E-state index contributed by atoms with van der Waals surface area (Å²) in [5, 5.41) is 1.05. The third kappa shape index (κ3) is 1.53. The number of hydrogen-bond donors (Lipinski definition) is 0. The molecule has 0 saturated heterocycles. The van der Waals surface area contributed by atoms with Crippen LogP contribution in [-0.2, 0) is 6.54 Å². The van der Waals surface area contributed by atoms with Crippen molar-refractivity contribution in [1.82, 2.24) is 4.57 Å². The Balaban J connectivity index is 2.75. The molecule has 0 radical (unpaired) electrons. The summed E-state index contributed by atoms with van der Waals surface area (Å²) in [4.78, 5) is 11.4. The number of Topliss-reactive ketones (excluding diaryl/α,β-unsaturated/α-hetero) is 1. The van der Waals surface area contributed by atoms with Gasteiger partial charge in [0.2, 0.25) is 0 Å². The number of ketones is 1. The second-order valence-electron chi connectivity index (χ2n) is 3.43. The molecule has 2 rings (SSSR count). The first-order valence-corrected chi connectivity index (χ1v) is 4.76. The van der Waals surface area contributed by atoms with Crippen molar-refractivity contribution in [3.05, 3.63) is 36.0 Å². The van der Waals surface area contributed by atoms with E-state index in [9.17, 15) is 4.79 Å². The zero-order valence-electron chi connectivity index (χ0n) is 8.53. The van der Waals surface area contributed by atoms with Gasteiger partial charge in [0.15, 0.2) is 5.78 Å². The molecule has 0 spiro atoms. The summed E-state index contributed by atoms with van der Waals surface area (Å²) in [5.74, 6) is 2.61. The Labute approximate surface area is 88.5 Å². The van der Waals surface area contributed by atoms with E-state index in [0.717, 1.165) is 10.9 Å². The van der Waals surface area contributed by atoms with Gasteiger partial charge in [-0.1, -0.05) is 24.1 Å². The van der Waals surface area contributed by atoms with E-state index in [1.165, 1.54) is 0 Å². The highest BCUT2D eigenvalue weighted by Crippen LogP contribution is 2.19. The van der Waals surface area contributed by atoms with Gasteiger partial charge in [-0.25, -0.2) is 0 Å². The molecular weight excluding hydrogens is 186 g/mol. The number of benzene rings is 1. The number of fused-ring (bicyclic) bond motifs is 1. The Bertz CT molecular complexity index is 557. The lowest BCUT2D eigenvalue weighted by atomic mass is 10.2. The van der Waals surface area contributed by atoms with E-state index in [2.05, 4.69) is 5.92 Å². The van der Waals surface area contributed by atoms with E-state index >= 15 is 0 Å². The zero-order valence-corrected chi connectivity index (χ0v) is 8.53. The molecule has 15 heavy (non-hydrogen) atoms. The minimum absolute atomic E-state index is 0.0430. The van der Waals surface area contributed by atoms with E-state index in [0.29, 0.717) is 12.2 Å². The van der Waals surface area contributed by atoms with Gasteiger partial charge in [-0.05, 0) is 12.1 Å². The molecule has 2 nitrogen and oxygen atoms in total. The van der Waals surface area contributed by atoms with Crippen molar-refractivity contribution in [2.75, 3.05) is 0 Å². The summed E-state index contributed by atoms with van der Waals surface area (Å²) < 4.78 is 1.87.